The predicted octanol–water partition coefficient (Wildman–Crippen LogP) is 2.56. The van der Waals surface area contributed by atoms with Crippen LogP contribution in [-0.4, -0.2) is 27.7 Å². The molecule has 15 heavy (non-hydrogen) atoms. The summed E-state index contributed by atoms with van der Waals surface area (Å²) in [6, 6.07) is 4.49. The molecule has 0 saturated heterocycles. The van der Waals surface area contributed by atoms with E-state index in [1.165, 1.54) is 25.7 Å². The minimum absolute atomic E-state index is 0.588. The minimum atomic E-state index is 0.588. The van der Waals surface area contributed by atoms with E-state index in [9.17, 15) is 0 Å². The van der Waals surface area contributed by atoms with Crippen LogP contribution in [0.5, 0.6) is 0 Å². The fourth-order valence-electron chi connectivity index (χ4n) is 2.03. The third-order valence-corrected chi connectivity index (χ3v) is 4.07. The van der Waals surface area contributed by atoms with E-state index in [1.54, 1.807) is 6.20 Å². The normalized spacial score (nSPS) is 26.2. The summed E-state index contributed by atoms with van der Waals surface area (Å²) in [6.07, 6.45) is 9.05. The third-order valence-electron chi connectivity index (χ3n) is 2.93. The molecule has 4 heteroatoms. The summed E-state index contributed by atoms with van der Waals surface area (Å²) in [5.41, 5.74) is 0. The van der Waals surface area contributed by atoms with Gasteiger partial charge in [-0.05, 0) is 44.1 Å². The molecule has 1 aliphatic rings. The van der Waals surface area contributed by atoms with Crippen LogP contribution in [0, 0.1) is 0 Å². The van der Waals surface area contributed by atoms with Crippen molar-refractivity contribution in [1.82, 2.24) is 10.2 Å². The molecule has 0 radical (unpaired) electrons. The molecule has 0 unspecified atom stereocenters. The Kier molecular flexibility index (Phi) is 3.83. The van der Waals surface area contributed by atoms with Crippen LogP contribution in [0.3, 0.4) is 0 Å². The Labute approximate surface area is 95.1 Å². The van der Waals surface area contributed by atoms with E-state index in [4.69, 9.17) is 0 Å². The minimum Gasteiger partial charge on any atom is -0.366 e. The highest BCUT2D eigenvalue weighted by atomic mass is 32.2. The van der Waals surface area contributed by atoms with Crippen molar-refractivity contribution in [3.63, 3.8) is 0 Å². The summed E-state index contributed by atoms with van der Waals surface area (Å²) in [5, 5.41) is 12.2. The Morgan fingerprint density at radius 1 is 1.33 bits per heavy atom. The summed E-state index contributed by atoms with van der Waals surface area (Å²) in [6.45, 7) is 0. The molecule has 0 amide bonds. The molecule has 1 aromatic heterocycles. The lowest BCUT2D eigenvalue weighted by atomic mass is 9.95. The summed E-state index contributed by atoms with van der Waals surface area (Å²) in [4.78, 5) is 0. The maximum Gasteiger partial charge on any atom is 0.148 e. The second kappa shape index (κ2) is 5.35. The molecule has 1 aromatic rings. The van der Waals surface area contributed by atoms with Crippen molar-refractivity contribution >= 4 is 17.6 Å². The molecule has 1 N–H and O–H groups in total. The summed E-state index contributed by atoms with van der Waals surface area (Å²) in [7, 11) is 0. The number of thioether (sulfide) groups is 1. The molecular weight excluding hydrogens is 206 g/mol. The molecule has 1 heterocycles. The molecule has 1 fully saturated rings. The van der Waals surface area contributed by atoms with Crippen molar-refractivity contribution in [2.24, 2.45) is 0 Å². The fraction of sp³-hybridized carbons (Fsp3) is 0.636. The van der Waals surface area contributed by atoms with Crippen molar-refractivity contribution in [3.05, 3.63) is 18.3 Å². The van der Waals surface area contributed by atoms with E-state index in [-0.39, 0.29) is 0 Å². The van der Waals surface area contributed by atoms with Crippen LogP contribution in [0.4, 0.5) is 5.82 Å². The van der Waals surface area contributed by atoms with Crippen LogP contribution in [0.2, 0.25) is 0 Å². The predicted molar refractivity (Wildman–Crippen MR) is 65.2 cm³/mol. The van der Waals surface area contributed by atoms with Gasteiger partial charge in [-0.2, -0.15) is 16.9 Å². The van der Waals surface area contributed by atoms with Gasteiger partial charge >= 0.3 is 0 Å². The number of aromatic nitrogens is 2. The first kappa shape index (κ1) is 10.7. The molecule has 0 bridgehead atoms. The van der Waals surface area contributed by atoms with Gasteiger partial charge in [-0.1, -0.05) is 0 Å². The standard InChI is InChI=1S/C11H17N3S/c1-15-10-6-4-9(5-7-10)13-11-3-2-8-12-14-11/h2-3,8-10H,4-7H2,1H3,(H,13,14). The Bertz CT molecular complexity index is 283. The zero-order chi connectivity index (χ0) is 10.5. The van der Waals surface area contributed by atoms with Gasteiger partial charge in [0.2, 0.25) is 0 Å². The molecule has 1 aliphatic carbocycles. The van der Waals surface area contributed by atoms with Gasteiger partial charge in [0.1, 0.15) is 5.82 Å². The van der Waals surface area contributed by atoms with Crippen LogP contribution in [0.15, 0.2) is 18.3 Å². The van der Waals surface area contributed by atoms with Gasteiger partial charge in [0.05, 0.1) is 0 Å². The van der Waals surface area contributed by atoms with Gasteiger partial charge < -0.3 is 5.32 Å². The molecule has 3 nitrogen and oxygen atoms in total. The van der Waals surface area contributed by atoms with Gasteiger partial charge in [-0.15, -0.1) is 5.10 Å². The third kappa shape index (κ3) is 3.09. The molecule has 2 rings (SSSR count). The van der Waals surface area contributed by atoms with E-state index in [0.717, 1.165) is 11.1 Å². The zero-order valence-electron chi connectivity index (χ0n) is 9.02. The van der Waals surface area contributed by atoms with Crippen LogP contribution in [0.25, 0.3) is 0 Å². The van der Waals surface area contributed by atoms with Crippen LogP contribution < -0.4 is 5.32 Å². The first-order chi connectivity index (χ1) is 7.38. The summed E-state index contributed by atoms with van der Waals surface area (Å²) >= 11 is 2.00. The fourth-order valence-corrected chi connectivity index (χ4v) is 2.77. The Morgan fingerprint density at radius 2 is 2.13 bits per heavy atom. The van der Waals surface area contributed by atoms with Gasteiger partial charge in [0.25, 0.3) is 0 Å². The lowest BCUT2D eigenvalue weighted by Crippen LogP contribution is -2.27. The average molecular weight is 223 g/mol. The number of nitrogens with zero attached hydrogens (tertiary/aromatic N) is 2. The van der Waals surface area contributed by atoms with Gasteiger partial charge in [-0.3, -0.25) is 0 Å². The largest absolute Gasteiger partial charge is 0.366 e. The zero-order valence-corrected chi connectivity index (χ0v) is 9.83. The topological polar surface area (TPSA) is 37.8 Å². The number of anilines is 1. The van der Waals surface area contributed by atoms with Gasteiger partial charge in [-0.25, -0.2) is 0 Å². The average Bonchev–Trinajstić information content (AvgIpc) is 2.31. The second-order valence-electron chi connectivity index (χ2n) is 3.96. The first-order valence-corrected chi connectivity index (χ1v) is 6.74. The van der Waals surface area contributed by atoms with Gasteiger partial charge in [0.15, 0.2) is 0 Å². The number of hydrogen-bond donors (Lipinski definition) is 1. The van der Waals surface area contributed by atoms with Crippen LogP contribution in [-0.2, 0) is 0 Å². The van der Waals surface area contributed by atoms with E-state index < -0.39 is 0 Å². The maximum atomic E-state index is 4.05. The highest BCUT2D eigenvalue weighted by Crippen LogP contribution is 2.28. The molecular formula is C11H17N3S. The second-order valence-corrected chi connectivity index (χ2v) is 5.10. The smallest absolute Gasteiger partial charge is 0.148 e. The van der Waals surface area contributed by atoms with Crippen molar-refractivity contribution in [2.75, 3.05) is 11.6 Å². The van der Waals surface area contributed by atoms with Crippen LogP contribution in [0.1, 0.15) is 25.7 Å². The molecule has 0 atom stereocenters. The molecule has 82 valence electrons. The first-order valence-electron chi connectivity index (χ1n) is 5.45. The highest BCUT2D eigenvalue weighted by molar-refractivity contribution is 7.99. The van der Waals surface area contributed by atoms with Crippen molar-refractivity contribution < 1.29 is 0 Å². The van der Waals surface area contributed by atoms with Crippen molar-refractivity contribution in [1.29, 1.82) is 0 Å². The molecule has 0 aromatic carbocycles. The number of rotatable bonds is 3. The summed E-state index contributed by atoms with van der Waals surface area (Å²) < 4.78 is 0. The van der Waals surface area contributed by atoms with E-state index in [0.29, 0.717) is 6.04 Å². The lowest BCUT2D eigenvalue weighted by molar-refractivity contribution is 0.472. The Morgan fingerprint density at radius 3 is 2.73 bits per heavy atom. The highest BCUT2D eigenvalue weighted by Gasteiger charge is 2.20. The van der Waals surface area contributed by atoms with Gasteiger partial charge in [0, 0.05) is 17.5 Å². The quantitative estimate of drug-likeness (QED) is 0.854. The molecule has 1 saturated carbocycles. The summed E-state index contributed by atoms with van der Waals surface area (Å²) in [5.74, 6) is 0.908. The van der Waals surface area contributed by atoms with E-state index in [1.807, 2.05) is 23.9 Å². The SMILES string of the molecule is CSC1CCC(Nc2cccnn2)CC1. The number of hydrogen-bond acceptors (Lipinski definition) is 4. The maximum absolute atomic E-state index is 4.05. The Balaban J connectivity index is 1.82. The Hall–Kier alpha value is -0.770. The van der Waals surface area contributed by atoms with E-state index >= 15 is 0 Å². The van der Waals surface area contributed by atoms with Crippen molar-refractivity contribution in [3.8, 4) is 0 Å². The molecule has 0 spiro atoms. The van der Waals surface area contributed by atoms with Crippen LogP contribution >= 0.6 is 11.8 Å². The van der Waals surface area contributed by atoms with E-state index in [2.05, 4.69) is 21.8 Å². The number of nitrogens with one attached hydrogen (secondary N) is 1. The lowest BCUT2D eigenvalue weighted by Gasteiger charge is -2.28. The molecule has 0 aliphatic heterocycles. The monoisotopic (exact) mass is 223 g/mol. The van der Waals surface area contributed by atoms with Crippen molar-refractivity contribution in [2.45, 2.75) is 37.0 Å².